The Morgan fingerprint density at radius 1 is 1.67 bits per heavy atom. The molecule has 0 N–H and O–H groups in total. The van der Waals surface area contributed by atoms with Gasteiger partial charge in [0.1, 0.15) is 0 Å². The molecule has 1 aliphatic carbocycles. The minimum Gasteiger partial charge on any atom is -0.0998 e. The Labute approximate surface area is 76.4 Å². The van der Waals surface area contributed by atoms with Crippen LogP contribution in [0.3, 0.4) is 0 Å². The molecule has 0 nitrogen and oxygen atoms in total. The predicted molar refractivity (Wildman–Crippen MR) is 55.0 cm³/mol. The summed E-state index contributed by atoms with van der Waals surface area (Å²) in [7, 11) is 0. The van der Waals surface area contributed by atoms with Crippen LogP contribution in [0.2, 0.25) is 0 Å². The molecule has 0 aromatic heterocycles. The van der Waals surface area contributed by atoms with Gasteiger partial charge in [-0.1, -0.05) is 44.6 Å². The zero-order chi connectivity index (χ0) is 9.30. The first kappa shape index (κ1) is 9.57. The van der Waals surface area contributed by atoms with E-state index in [0.29, 0.717) is 5.92 Å². The Morgan fingerprint density at radius 2 is 2.17 bits per heavy atom. The van der Waals surface area contributed by atoms with Gasteiger partial charge in [-0.25, -0.2) is 0 Å². The Morgan fingerprint density at radius 3 is 2.42 bits per heavy atom. The van der Waals surface area contributed by atoms with E-state index in [4.69, 9.17) is 0 Å². The second-order valence-corrected chi connectivity index (χ2v) is 4.11. The van der Waals surface area contributed by atoms with Crippen molar-refractivity contribution in [3.05, 3.63) is 23.8 Å². The SMILES string of the molecule is C=C(C)C(C)C(CC)C1=CC1C. The van der Waals surface area contributed by atoms with Crippen molar-refractivity contribution in [2.24, 2.45) is 17.8 Å². The highest BCUT2D eigenvalue weighted by Gasteiger charge is 2.30. The molecule has 12 heavy (non-hydrogen) atoms. The van der Waals surface area contributed by atoms with Gasteiger partial charge in [0.15, 0.2) is 0 Å². The molecule has 0 saturated carbocycles. The molecule has 68 valence electrons. The van der Waals surface area contributed by atoms with Gasteiger partial charge in [-0.05, 0) is 31.1 Å². The summed E-state index contributed by atoms with van der Waals surface area (Å²) in [4.78, 5) is 0. The van der Waals surface area contributed by atoms with Crippen LogP contribution in [0.15, 0.2) is 23.8 Å². The second-order valence-electron chi connectivity index (χ2n) is 4.11. The van der Waals surface area contributed by atoms with Gasteiger partial charge in [0.05, 0.1) is 0 Å². The third-order valence-corrected chi connectivity index (χ3v) is 3.11. The molecule has 0 aromatic rings. The maximum atomic E-state index is 4.03. The Balaban J connectivity index is 2.57. The van der Waals surface area contributed by atoms with Crippen molar-refractivity contribution >= 4 is 0 Å². The highest BCUT2D eigenvalue weighted by molar-refractivity contribution is 5.32. The van der Waals surface area contributed by atoms with E-state index in [1.54, 1.807) is 5.57 Å². The van der Waals surface area contributed by atoms with Gasteiger partial charge in [0.2, 0.25) is 0 Å². The summed E-state index contributed by atoms with van der Waals surface area (Å²) >= 11 is 0. The second kappa shape index (κ2) is 3.47. The van der Waals surface area contributed by atoms with E-state index in [1.165, 1.54) is 12.0 Å². The summed E-state index contributed by atoms with van der Waals surface area (Å²) in [6.07, 6.45) is 3.64. The molecule has 0 heteroatoms. The Bertz CT molecular complexity index is 210. The van der Waals surface area contributed by atoms with Gasteiger partial charge >= 0.3 is 0 Å². The molecule has 0 saturated heterocycles. The van der Waals surface area contributed by atoms with Crippen LogP contribution in [0.25, 0.3) is 0 Å². The van der Waals surface area contributed by atoms with Crippen LogP contribution in [0.4, 0.5) is 0 Å². The van der Waals surface area contributed by atoms with Crippen LogP contribution < -0.4 is 0 Å². The van der Waals surface area contributed by atoms with Crippen molar-refractivity contribution in [1.29, 1.82) is 0 Å². The van der Waals surface area contributed by atoms with E-state index in [0.717, 1.165) is 11.8 Å². The minimum atomic E-state index is 0.659. The van der Waals surface area contributed by atoms with E-state index in [-0.39, 0.29) is 0 Å². The van der Waals surface area contributed by atoms with Crippen LogP contribution in [0.1, 0.15) is 34.1 Å². The molecule has 1 aliphatic rings. The summed E-state index contributed by atoms with van der Waals surface area (Å²) in [5.74, 6) is 2.19. The van der Waals surface area contributed by atoms with E-state index in [9.17, 15) is 0 Å². The third kappa shape index (κ3) is 1.80. The molecule has 0 spiro atoms. The number of rotatable bonds is 4. The Kier molecular flexibility index (Phi) is 2.76. The van der Waals surface area contributed by atoms with Crippen molar-refractivity contribution in [3.8, 4) is 0 Å². The van der Waals surface area contributed by atoms with Gasteiger partial charge in [0.25, 0.3) is 0 Å². The molecule has 3 unspecified atom stereocenters. The lowest BCUT2D eigenvalue weighted by atomic mass is 9.84. The molecule has 0 aromatic carbocycles. The van der Waals surface area contributed by atoms with Crippen molar-refractivity contribution in [2.45, 2.75) is 34.1 Å². The highest BCUT2D eigenvalue weighted by Crippen LogP contribution is 2.41. The van der Waals surface area contributed by atoms with E-state index in [2.05, 4.69) is 40.3 Å². The smallest absolute Gasteiger partial charge is 0.00455 e. The zero-order valence-corrected chi connectivity index (χ0v) is 8.72. The lowest BCUT2D eigenvalue weighted by molar-refractivity contribution is 0.452. The summed E-state index contributed by atoms with van der Waals surface area (Å²) < 4.78 is 0. The molecule has 0 radical (unpaired) electrons. The number of hydrogen-bond donors (Lipinski definition) is 0. The normalized spacial score (nSPS) is 26.0. The molecule has 1 rings (SSSR count). The fraction of sp³-hybridized carbons (Fsp3) is 0.667. The van der Waals surface area contributed by atoms with Crippen LogP contribution in [0.5, 0.6) is 0 Å². The summed E-state index contributed by atoms with van der Waals surface area (Å²) in [6.45, 7) is 13.0. The maximum Gasteiger partial charge on any atom is -0.00455 e. The molecule has 0 bridgehead atoms. The first-order chi connectivity index (χ1) is 5.57. The van der Waals surface area contributed by atoms with Crippen molar-refractivity contribution in [3.63, 3.8) is 0 Å². The van der Waals surface area contributed by atoms with Gasteiger partial charge in [-0.15, -0.1) is 0 Å². The van der Waals surface area contributed by atoms with Crippen molar-refractivity contribution in [2.75, 3.05) is 0 Å². The lowest BCUT2D eigenvalue weighted by Gasteiger charge is -2.21. The summed E-state index contributed by atoms with van der Waals surface area (Å²) in [5.41, 5.74) is 2.98. The first-order valence-corrected chi connectivity index (χ1v) is 4.94. The van der Waals surface area contributed by atoms with Crippen LogP contribution in [-0.4, -0.2) is 0 Å². The van der Waals surface area contributed by atoms with Crippen LogP contribution >= 0.6 is 0 Å². The molecular weight excluding hydrogens is 144 g/mol. The largest absolute Gasteiger partial charge is 0.0998 e. The minimum absolute atomic E-state index is 0.659. The number of hydrogen-bond acceptors (Lipinski definition) is 0. The Hall–Kier alpha value is -0.520. The lowest BCUT2D eigenvalue weighted by Crippen LogP contribution is -2.11. The average molecular weight is 164 g/mol. The van der Waals surface area contributed by atoms with Crippen molar-refractivity contribution < 1.29 is 0 Å². The highest BCUT2D eigenvalue weighted by atomic mass is 14.3. The van der Waals surface area contributed by atoms with Crippen molar-refractivity contribution in [1.82, 2.24) is 0 Å². The van der Waals surface area contributed by atoms with Gasteiger partial charge in [-0.3, -0.25) is 0 Å². The summed E-state index contributed by atoms with van der Waals surface area (Å²) in [5, 5.41) is 0. The molecular formula is C12H20. The first-order valence-electron chi connectivity index (χ1n) is 4.94. The van der Waals surface area contributed by atoms with E-state index in [1.807, 2.05) is 0 Å². The number of allylic oxidation sites excluding steroid dienone is 3. The fourth-order valence-corrected chi connectivity index (χ4v) is 1.92. The predicted octanol–water partition coefficient (Wildman–Crippen LogP) is 3.80. The molecule has 0 heterocycles. The van der Waals surface area contributed by atoms with Crippen LogP contribution in [-0.2, 0) is 0 Å². The zero-order valence-electron chi connectivity index (χ0n) is 8.72. The summed E-state index contributed by atoms with van der Waals surface area (Å²) in [6, 6.07) is 0. The molecule has 0 fully saturated rings. The van der Waals surface area contributed by atoms with Crippen LogP contribution in [0, 0.1) is 17.8 Å². The van der Waals surface area contributed by atoms with Gasteiger partial charge in [0, 0.05) is 0 Å². The monoisotopic (exact) mass is 164 g/mol. The van der Waals surface area contributed by atoms with Gasteiger partial charge in [-0.2, -0.15) is 0 Å². The molecule has 0 aliphatic heterocycles. The molecule has 3 atom stereocenters. The quantitative estimate of drug-likeness (QED) is 0.554. The standard InChI is InChI=1S/C12H20/c1-6-11(10(5)8(2)3)12-7-9(12)4/h7,9-11H,2,6H2,1,3-5H3. The maximum absolute atomic E-state index is 4.03. The van der Waals surface area contributed by atoms with Gasteiger partial charge < -0.3 is 0 Å². The fourth-order valence-electron chi connectivity index (χ4n) is 1.92. The average Bonchev–Trinajstić information content (AvgIpc) is 2.68. The topological polar surface area (TPSA) is 0 Å². The molecule has 0 amide bonds. The van der Waals surface area contributed by atoms with E-state index >= 15 is 0 Å². The third-order valence-electron chi connectivity index (χ3n) is 3.11. The van der Waals surface area contributed by atoms with E-state index < -0.39 is 0 Å².